The highest BCUT2D eigenvalue weighted by Crippen LogP contribution is 2.23. The smallest absolute Gasteiger partial charge is 0.183 e. The Hall–Kier alpha value is -2.52. The summed E-state index contributed by atoms with van der Waals surface area (Å²) in [6.07, 6.45) is 3.20. The number of nitrogen functional groups attached to an aromatic ring is 1. The minimum atomic E-state index is -0.208. The van der Waals surface area contributed by atoms with Crippen molar-refractivity contribution in [3.8, 4) is 0 Å². The monoisotopic (exact) mass is 328 g/mol. The first-order chi connectivity index (χ1) is 11.7. The molecule has 0 amide bonds. The van der Waals surface area contributed by atoms with Crippen LogP contribution in [0.2, 0.25) is 0 Å². The number of nitrogens with one attached hydrogen (secondary N) is 1. The Balaban J connectivity index is 1.53. The number of anilines is 1. The van der Waals surface area contributed by atoms with Crippen LogP contribution in [0.4, 0.5) is 5.82 Å². The quantitative estimate of drug-likeness (QED) is 0.726. The van der Waals surface area contributed by atoms with Crippen molar-refractivity contribution < 1.29 is 4.74 Å². The highest BCUT2D eigenvalue weighted by molar-refractivity contribution is 5.80. The van der Waals surface area contributed by atoms with Crippen molar-refractivity contribution in [2.45, 2.75) is 26.1 Å². The first-order valence-corrected chi connectivity index (χ1v) is 8.05. The van der Waals surface area contributed by atoms with Crippen LogP contribution >= 0.6 is 0 Å². The number of aromatic amines is 1. The van der Waals surface area contributed by atoms with Gasteiger partial charge in [0.25, 0.3) is 0 Å². The predicted octanol–water partition coefficient (Wildman–Crippen LogP) is 0.725. The average molecular weight is 328 g/mol. The van der Waals surface area contributed by atoms with E-state index in [1.807, 2.05) is 10.9 Å². The molecule has 9 heteroatoms. The van der Waals surface area contributed by atoms with Gasteiger partial charge in [0.2, 0.25) is 0 Å². The van der Waals surface area contributed by atoms with E-state index >= 15 is 0 Å². The van der Waals surface area contributed by atoms with E-state index in [2.05, 4.69) is 42.9 Å². The number of aryl methyl sites for hydroxylation is 1. The molecule has 1 unspecified atom stereocenters. The first kappa shape index (κ1) is 15.0. The molecule has 1 aliphatic heterocycles. The average Bonchev–Trinajstić information content (AvgIpc) is 3.24. The van der Waals surface area contributed by atoms with Gasteiger partial charge in [0.15, 0.2) is 17.3 Å². The fourth-order valence-electron chi connectivity index (χ4n) is 3.03. The van der Waals surface area contributed by atoms with Gasteiger partial charge in [-0.05, 0) is 13.0 Å². The lowest BCUT2D eigenvalue weighted by Gasteiger charge is -2.32. The summed E-state index contributed by atoms with van der Waals surface area (Å²) in [5.74, 6) is 0.984. The summed E-state index contributed by atoms with van der Waals surface area (Å²) in [6.45, 7) is 6.00. The van der Waals surface area contributed by atoms with Crippen LogP contribution in [0.25, 0.3) is 11.2 Å². The van der Waals surface area contributed by atoms with Gasteiger partial charge in [0.1, 0.15) is 11.6 Å². The number of imidazole rings is 1. The number of hydrogen-bond donors (Lipinski definition) is 2. The zero-order valence-electron chi connectivity index (χ0n) is 13.5. The van der Waals surface area contributed by atoms with Crippen molar-refractivity contribution in [1.29, 1.82) is 0 Å². The van der Waals surface area contributed by atoms with Gasteiger partial charge in [-0.25, -0.2) is 15.0 Å². The van der Waals surface area contributed by atoms with Gasteiger partial charge in [0, 0.05) is 32.4 Å². The molecule has 0 bridgehead atoms. The third kappa shape index (κ3) is 2.72. The summed E-state index contributed by atoms with van der Waals surface area (Å²) < 4.78 is 7.88. The fraction of sp³-hybridized carbons (Fsp3) is 0.467. The molecule has 1 aliphatic rings. The highest BCUT2D eigenvalue weighted by Gasteiger charge is 2.26. The van der Waals surface area contributed by atoms with Crippen LogP contribution in [0.15, 0.2) is 18.6 Å². The van der Waals surface area contributed by atoms with Gasteiger partial charge >= 0.3 is 0 Å². The first-order valence-electron chi connectivity index (χ1n) is 8.05. The Morgan fingerprint density at radius 2 is 2.33 bits per heavy atom. The number of aromatic nitrogens is 6. The summed E-state index contributed by atoms with van der Waals surface area (Å²) in [4.78, 5) is 18.3. The van der Waals surface area contributed by atoms with Gasteiger partial charge in [-0.15, -0.1) is 0 Å². The minimum absolute atomic E-state index is 0.208. The maximum atomic E-state index is 5.99. The molecule has 24 heavy (non-hydrogen) atoms. The molecule has 0 saturated carbocycles. The Morgan fingerprint density at radius 1 is 1.42 bits per heavy atom. The van der Waals surface area contributed by atoms with Gasteiger partial charge in [0.05, 0.1) is 18.6 Å². The summed E-state index contributed by atoms with van der Waals surface area (Å²) in [6, 6.07) is 2.05. The minimum Gasteiger partial charge on any atom is -0.382 e. The second-order valence-electron chi connectivity index (χ2n) is 5.80. The molecule has 3 aromatic heterocycles. The standard InChI is InChI=1S/C15H20N8O/c1-2-23-10(3-4-19-23)7-22-5-6-24-11(8-22)14-20-13(16)12-15(21-14)18-9-17-12/h3-4,9,11H,2,5-8H2,1H3,(H3,16,17,18,20,21). The molecule has 9 nitrogen and oxygen atoms in total. The molecule has 4 heterocycles. The predicted molar refractivity (Wildman–Crippen MR) is 88.0 cm³/mol. The SMILES string of the molecule is CCn1nccc1CN1CCOC(c2nc(N)c3[nH]cnc3n2)C1. The summed E-state index contributed by atoms with van der Waals surface area (Å²) in [7, 11) is 0. The molecule has 1 fully saturated rings. The van der Waals surface area contributed by atoms with Crippen LogP contribution in [0.5, 0.6) is 0 Å². The molecule has 0 spiro atoms. The van der Waals surface area contributed by atoms with Crippen LogP contribution < -0.4 is 5.73 Å². The topological polar surface area (TPSA) is 111 Å². The molecule has 3 N–H and O–H groups in total. The lowest BCUT2D eigenvalue weighted by molar-refractivity contribution is -0.0377. The number of nitrogens with zero attached hydrogens (tertiary/aromatic N) is 6. The van der Waals surface area contributed by atoms with Crippen molar-refractivity contribution in [3.05, 3.63) is 30.1 Å². The van der Waals surface area contributed by atoms with Crippen LogP contribution in [-0.4, -0.2) is 54.3 Å². The van der Waals surface area contributed by atoms with Crippen molar-refractivity contribution in [2.75, 3.05) is 25.4 Å². The number of H-pyrrole nitrogens is 1. The van der Waals surface area contributed by atoms with Crippen LogP contribution in [0, 0.1) is 0 Å². The third-order valence-electron chi connectivity index (χ3n) is 4.26. The van der Waals surface area contributed by atoms with E-state index in [-0.39, 0.29) is 6.10 Å². The second kappa shape index (κ2) is 6.17. The van der Waals surface area contributed by atoms with Crippen LogP contribution in [0.3, 0.4) is 0 Å². The van der Waals surface area contributed by atoms with E-state index in [0.717, 1.165) is 19.6 Å². The lowest BCUT2D eigenvalue weighted by Crippen LogP contribution is -2.39. The fourth-order valence-corrected chi connectivity index (χ4v) is 3.03. The Kier molecular flexibility index (Phi) is 3.87. The second-order valence-corrected chi connectivity index (χ2v) is 5.80. The Bertz CT molecular complexity index is 841. The van der Waals surface area contributed by atoms with Crippen LogP contribution in [-0.2, 0) is 17.8 Å². The van der Waals surface area contributed by atoms with Gasteiger partial charge in [-0.3, -0.25) is 9.58 Å². The van der Waals surface area contributed by atoms with E-state index in [1.54, 1.807) is 6.33 Å². The number of fused-ring (bicyclic) bond motifs is 1. The van der Waals surface area contributed by atoms with E-state index < -0.39 is 0 Å². The normalized spacial score (nSPS) is 19.1. The molecular weight excluding hydrogens is 308 g/mol. The number of ether oxygens (including phenoxy) is 1. The van der Waals surface area contributed by atoms with E-state index in [1.165, 1.54) is 5.69 Å². The van der Waals surface area contributed by atoms with Gasteiger partial charge < -0.3 is 15.5 Å². The molecule has 4 rings (SSSR count). The molecule has 1 atom stereocenters. The molecule has 1 saturated heterocycles. The summed E-state index contributed by atoms with van der Waals surface area (Å²) in [5.41, 5.74) is 8.42. The van der Waals surface area contributed by atoms with Crippen LogP contribution in [0.1, 0.15) is 24.5 Å². The van der Waals surface area contributed by atoms with Crippen molar-refractivity contribution >= 4 is 17.0 Å². The molecule has 0 radical (unpaired) electrons. The maximum absolute atomic E-state index is 5.99. The zero-order chi connectivity index (χ0) is 16.5. The number of hydrogen-bond acceptors (Lipinski definition) is 7. The van der Waals surface area contributed by atoms with Crippen molar-refractivity contribution in [2.24, 2.45) is 0 Å². The maximum Gasteiger partial charge on any atom is 0.183 e. The zero-order valence-corrected chi connectivity index (χ0v) is 13.5. The summed E-state index contributed by atoms with van der Waals surface area (Å²) in [5, 5.41) is 4.32. The molecule has 0 aromatic carbocycles. The van der Waals surface area contributed by atoms with Gasteiger partial charge in [-0.1, -0.05) is 0 Å². The largest absolute Gasteiger partial charge is 0.382 e. The molecule has 0 aliphatic carbocycles. The third-order valence-corrected chi connectivity index (χ3v) is 4.26. The molecule has 126 valence electrons. The van der Waals surface area contributed by atoms with E-state index in [0.29, 0.717) is 36.0 Å². The van der Waals surface area contributed by atoms with E-state index in [4.69, 9.17) is 10.5 Å². The highest BCUT2D eigenvalue weighted by atomic mass is 16.5. The Morgan fingerprint density at radius 3 is 3.21 bits per heavy atom. The van der Waals surface area contributed by atoms with Gasteiger partial charge in [-0.2, -0.15) is 5.10 Å². The number of rotatable bonds is 4. The number of morpholine rings is 1. The molecule has 3 aromatic rings. The van der Waals surface area contributed by atoms with Crippen molar-refractivity contribution in [3.63, 3.8) is 0 Å². The summed E-state index contributed by atoms with van der Waals surface area (Å²) >= 11 is 0. The number of nitrogens with two attached hydrogens (primary N) is 1. The Labute approximate surface area is 138 Å². The van der Waals surface area contributed by atoms with E-state index in [9.17, 15) is 0 Å². The van der Waals surface area contributed by atoms with Crippen molar-refractivity contribution in [1.82, 2.24) is 34.6 Å². The lowest BCUT2D eigenvalue weighted by atomic mass is 10.2. The molecular formula is C15H20N8O.